The highest BCUT2D eigenvalue weighted by Gasteiger charge is 1.98. The Kier molecular flexibility index (Phi) is 6.77. The summed E-state index contributed by atoms with van der Waals surface area (Å²) in [4.78, 5) is 0. The average molecular weight is 225 g/mol. The molecule has 0 fully saturated rings. The van der Waals surface area contributed by atoms with Gasteiger partial charge < -0.3 is 5.32 Å². The summed E-state index contributed by atoms with van der Waals surface area (Å²) < 4.78 is 0. The molecule has 0 bridgehead atoms. The van der Waals surface area contributed by atoms with Crippen molar-refractivity contribution in [3.05, 3.63) is 35.4 Å². The molecule has 0 amide bonds. The quantitative estimate of drug-likeness (QED) is 0.631. The van der Waals surface area contributed by atoms with Gasteiger partial charge in [0.05, 0.1) is 12.6 Å². The lowest BCUT2D eigenvalue weighted by Gasteiger charge is -2.06. The van der Waals surface area contributed by atoms with Crippen LogP contribution in [-0.4, -0.2) is 6.54 Å². The largest absolute Gasteiger partial charge is 0.300 e. The minimum absolute atomic E-state index is 0. The molecule has 3 heteroatoms. The molecule has 0 aliphatic carbocycles. The fourth-order valence-electron chi connectivity index (χ4n) is 1.28. The fraction of sp³-hybridized carbons (Fsp3) is 0.417. The zero-order valence-electron chi connectivity index (χ0n) is 9.16. The number of benzene rings is 1. The summed E-state index contributed by atoms with van der Waals surface area (Å²) >= 11 is 0. The van der Waals surface area contributed by atoms with Crippen LogP contribution in [0.4, 0.5) is 0 Å². The molecule has 0 aliphatic heterocycles. The van der Waals surface area contributed by atoms with E-state index in [0.717, 1.165) is 6.54 Å². The third-order valence-corrected chi connectivity index (χ3v) is 2.18. The minimum Gasteiger partial charge on any atom is -0.300 e. The SMILES string of the molecule is CC(C)c1ccc(CNCC#N)cc1.Cl. The van der Waals surface area contributed by atoms with Gasteiger partial charge in [-0.3, -0.25) is 0 Å². The molecule has 0 aromatic heterocycles. The topological polar surface area (TPSA) is 35.8 Å². The zero-order valence-corrected chi connectivity index (χ0v) is 9.97. The molecule has 0 aliphatic rings. The summed E-state index contributed by atoms with van der Waals surface area (Å²) in [6, 6.07) is 10.6. The number of nitriles is 1. The maximum absolute atomic E-state index is 8.35. The van der Waals surface area contributed by atoms with Gasteiger partial charge in [0.15, 0.2) is 0 Å². The van der Waals surface area contributed by atoms with E-state index in [2.05, 4.69) is 49.5 Å². The van der Waals surface area contributed by atoms with Crippen LogP contribution in [0.15, 0.2) is 24.3 Å². The third-order valence-electron chi connectivity index (χ3n) is 2.18. The predicted octanol–water partition coefficient (Wildman–Crippen LogP) is 2.84. The highest BCUT2D eigenvalue weighted by molar-refractivity contribution is 5.85. The van der Waals surface area contributed by atoms with Crippen molar-refractivity contribution in [2.45, 2.75) is 26.3 Å². The maximum Gasteiger partial charge on any atom is 0.0843 e. The molecule has 1 rings (SSSR count). The monoisotopic (exact) mass is 224 g/mol. The molecule has 1 N–H and O–H groups in total. The van der Waals surface area contributed by atoms with Crippen LogP contribution in [0.3, 0.4) is 0 Å². The van der Waals surface area contributed by atoms with Crippen molar-refractivity contribution < 1.29 is 0 Å². The Hall–Kier alpha value is -1.04. The van der Waals surface area contributed by atoms with Crippen molar-refractivity contribution in [3.8, 4) is 6.07 Å². The Morgan fingerprint density at radius 1 is 1.27 bits per heavy atom. The van der Waals surface area contributed by atoms with Gasteiger partial charge in [0, 0.05) is 6.54 Å². The van der Waals surface area contributed by atoms with Crippen LogP contribution < -0.4 is 5.32 Å². The number of hydrogen-bond acceptors (Lipinski definition) is 2. The first kappa shape index (κ1) is 14.0. The lowest BCUT2D eigenvalue weighted by Crippen LogP contribution is -2.12. The van der Waals surface area contributed by atoms with Gasteiger partial charge in [-0.05, 0) is 17.0 Å². The first-order valence-corrected chi connectivity index (χ1v) is 4.90. The molecule has 2 nitrogen and oxygen atoms in total. The molecule has 0 spiro atoms. The molecule has 0 atom stereocenters. The van der Waals surface area contributed by atoms with Crippen LogP contribution in [0.5, 0.6) is 0 Å². The van der Waals surface area contributed by atoms with Crippen molar-refractivity contribution in [1.82, 2.24) is 5.32 Å². The first-order chi connectivity index (χ1) is 6.74. The summed E-state index contributed by atoms with van der Waals surface area (Å²) in [6.07, 6.45) is 0. The van der Waals surface area contributed by atoms with Gasteiger partial charge in [-0.25, -0.2) is 0 Å². The smallest absolute Gasteiger partial charge is 0.0843 e. The lowest BCUT2D eigenvalue weighted by atomic mass is 10.0. The number of nitrogens with one attached hydrogen (secondary N) is 1. The summed E-state index contributed by atoms with van der Waals surface area (Å²) in [7, 11) is 0. The van der Waals surface area contributed by atoms with E-state index in [1.807, 2.05) is 0 Å². The summed E-state index contributed by atoms with van der Waals surface area (Å²) in [5.74, 6) is 0.580. The number of halogens is 1. The summed E-state index contributed by atoms with van der Waals surface area (Å²) in [5, 5.41) is 11.4. The third kappa shape index (κ3) is 4.83. The van der Waals surface area contributed by atoms with Crippen molar-refractivity contribution in [2.24, 2.45) is 0 Å². The molecule has 1 aromatic carbocycles. The molecular formula is C12H17ClN2. The Morgan fingerprint density at radius 3 is 2.33 bits per heavy atom. The standard InChI is InChI=1S/C12H16N2.ClH/c1-10(2)12-5-3-11(4-6-12)9-14-8-7-13;/h3-6,10,14H,8-9H2,1-2H3;1H. The number of hydrogen-bond donors (Lipinski definition) is 1. The van der Waals surface area contributed by atoms with Gasteiger partial charge in [0.2, 0.25) is 0 Å². The van der Waals surface area contributed by atoms with Crippen molar-refractivity contribution in [1.29, 1.82) is 5.26 Å². The van der Waals surface area contributed by atoms with Crippen molar-refractivity contribution in [3.63, 3.8) is 0 Å². The molecule has 0 saturated heterocycles. The van der Waals surface area contributed by atoms with Crippen molar-refractivity contribution in [2.75, 3.05) is 6.54 Å². The maximum atomic E-state index is 8.35. The van der Waals surface area contributed by atoms with E-state index < -0.39 is 0 Å². The summed E-state index contributed by atoms with van der Waals surface area (Å²) in [5.41, 5.74) is 2.58. The van der Waals surface area contributed by atoms with E-state index in [-0.39, 0.29) is 12.4 Å². The van der Waals surface area contributed by atoms with Crippen LogP contribution in [-0.2, 0) is 6.54 Å². The van der Waals surface area contributed by atoms with Gasteiger partial charge in [-0.2, -0.15) is 5.26 Å². The molecule has 15 heavy (non-hydrogen) atoms. The van der Waals surface area contributed by atoms with Crippen LogP contribution in [0.25, 0.3) is 0 Å². The number of nitrogens with zero attached hydrogens (tertiary/aromatic N) is 1. The molecule has 0 unspecified atom stereocenters. The second-order valence-corrected chi connectivity index (χ2v) is 3.66. The van der Waals surface area contributed by atoms with Gasteiger partial charge >= 0.3 is 0 Å². The van der Waals surface area contributed by atoms with E-state index in [0.29, 0.717) is 12.5 Å². The Balaban J connectivity index is 0.00000196. The zero-order chi connectivity index (χ0) is 10.4. The van der Waals surface area contributed by atoms with Crippen LogP contribution >= 0.6 is 12.4 Å². The molecule has 0 heterocycles. The molecule has 0 saturated carbocycles. The molecule has 0 radical (unpaired) electrons. The second-order valence-electron chi connectivity index (χ2n) is 3.66. The molecule has 1 aromatic rings. The molecular weight excluding hydrogens is 208 g/mol. The summed E-state index contributed by atoms with van der Waals surface area (Å²) in [6.45, 7) is 5.55. The molecule has 82 valence electrons. The Morgan fingerprint density at radius 2 is 1.87 bits per heavy atom. The van der Waals surface area contributed by atoms with E-state index in [1.54, 1.807) is 0 Å². The van der Waals surface area contributed by atoms with E-state index in [9.17, 15) is 0 Å². The van der Waals surface area contributed by atoms with E-state index in [1.165, 1.54) is 11.1 Å². The average Bonchev–Trinajstić information content (AvgIpc) is 2.19. The predicted molar refractivity (Wildman–Crippen MR) is 65.1 cm³/mol. The van der Waals surface area contributed by atoms with Gasteiger partial charge in [-0.15, -0.1) is 12.4 Å². The highest BCUT2D eigenvalue weighted by Crippen LogP contribution is 2.14. The lowest BCUT2D eigenvalue weighted by molar-refractivity contribution is 0.764. The Labute approximate surface area is 97.7 Å². The van der Waals surface area contributed by atoms with Crippen LogP contribution in [0.1, 0.15) is 30.9 Å². The first-order valence-electron chi connectivity index (χ1n) is 4.90. The van der Waals surface area contributed by atoms with Gasteiger partial charge in [0.1, 0.15) is 0 Å². The minimum atomic E-state index is 0. The highest BCUT2D eigenvalue weighted by atomic mass is 35.5. The normalized spacial score (nSPS) is 9.47. The van der Waals surface area contributed by atoms with Gasteiger partial charge in [0.25, 0.3) is 0 Å². The van der Waals surface area contributed by atoms with E-state index >= 15 is 0 Å². The Bertz CT molecular complexity index is 311. The van der Waals surface area contributed by atoms with Crippen molar-refractivity contribution >= 4 is 12.4 Å². The van der Waals surface area contributed by atoms with E-state index in [4.69, 9.17) is 5.26 Å². The van der Waals surface area contributed by atoms with Crippen LogP contribution in [0, 0.1) is 11.3 Å². The van der Waals surface area contributed by atoms with Crippen LogP contribution in [0.2, 0.25) is 0 Å². The fourth-order valence-corrected chi connectivity index (χ4v) is 1.28. The van der Waals surface area contributed by atoms with Gasteiger partial charge in [-0.1, -0.05) is 38.1 Å². The second kappa shape index (κ2) is 7.28. The number of rotatable bonds is 4.